The third-order valence-electron chi connectivity index (χ3n) is 3.05. The minimum atomic E-state index is -0.0742. The molecule has 3 heteroatoms. The molecule has 0 saturated carbocycles. The first-order chi connectivity index (χ1) is 8.09. The summed E-state index contributed by atoms with van der Waals surface area (Å²) in [5.41, 5.74) is 2.27. The summed E-state index contributed by atoms with van der Waals surface area (Å²) in [5, 5.41) is -0.0742. The lowest BCUT2D eigenvalue weighted by atomic mass is 9.94. The third-order valence-corrected chi connectivity index (χ3v) is 3.66. The number of halogens is 1. The van der Waals surface area contributed by atoms with E-state index >= 15 is 0 Å². The molecule has 2 aromatic rings. The number of pyridine rings is 1. The second kappa shape index (κ2) is 4.92. The van der Waals surface area contributed by atoms with Crippen LogP contribution in [0.1, 0.15) is 40.9 Å². The van der Waals surface area contributed by atoms with Gasteiger partial charge in [0, 0.05) is 23.9 Å². The Bertz CT molecular complexity index is 492. The standard InChI is InChI=1S/C14H16ClNO/c1-9-8-13(11(3)17-9)14(15)10(2)12-4-6-16-7-5-12/h4-8,10,14H,1-3H3. The molecule has 0 aliphatic heterocycles. The Hall–Kier alpha value is -1.28. The zero-order valence-electron chi connectivity index (χ0n) is 10.3. The van der Waals surface area contributed by atoms with Gasteiger partial charge in [-0.2, -0.15) is 0 Å². The lowest BCUT2D eigenvalue weighted by molar-refractivity contribution is 0.499. The second-order valence-corrected chi connectivity index (χ2v) is 4.81. The smallest absolute Gasteiger partial charge is 0.105 e. The Balaban J connectivity index is 2.26. The minimum Gasteiger partial charge on any atom is -0.466 e. The van der Waals surface area contributed by atoms with Crippen molar-refractivity contribution in [3.05, 3.63) is 53.2 Å². The SMILES string of the molecule is Cc1cc(C(Cl)C(C)c2ccncc2)c(C)o1. The Morgan fingerprint density at radius 3 is 2.41 bits per heavy atom. The molecule has 2 rings (SSSR count). The molecule has 2 atom stereocenters. The number of hydrogen-bond acceptors (Lipinski definition) is 2. The Kier molecular flexibility index (Phi) is 3.53. The number of hydrogen-bond donors (Lipinski definition) is 0. The van der Waals surface area contributed by atoms with E-state index in [1.54, 1.807) is 12.4 Å². The van der Waals surface area contributed by atoms with E-state index < -0.39 is 0 Å². The van der Waals surface area contributed by atoms with Crippen LogP contribution in [0.25, 0.3) is 0 Å². The Morgan fingerprint density at radius 1 is 1.24 bits per heavy atom. The molecule has 0 radical (unpaired) electrons. The molecular formula is C14H16ClNO. The van der Waals surface area contributed by atoms with Gasteiger partial charge >= 0.3 is 0 Å². The number of alkyl halides is 1. The van der Waals surface area contributed by atoms with Crippen LogP contribution in [0.2, 0.25) is 0 Å². The molecule has 2 unspecified atom stereocenters. The molecule has 0 aromatic carbocycles. The van der Waals surface area contributed by atoms with Crippen molar-refractivity contribution in [1.82, 2.24) is 4.98 Å². The van der Waals surface area contributed by atoms with Crippen LogP contribution in [0, 0.1) is 13.8 Å². The number of furan rings is 1. The van der Waals surface area contributed by atoms with Gasteiger partial charge in [-0.05, 0) is 37.6 Å². The summed E-state index contributed by atoms with van der Waals surface area (Å²) in [6, 6.07) is 6.02. The maximum atomic E-state index is 6.53. The Morgan fingerprint density at radius 2 is 1.88 bits per heavy atom. The van der Waals surface area contributed by atoms with Crippen molar-refractivity contribution >= 4 is 11.6 Å². The van der Waals surface area contributed by atoms with Crippen molar-refractivity contribution < 1.29 is 4.42 Å². The minimum absolute atomic E-state index is 0.0742. The highest BCUT2D eigenvalue weighted by molar-refractivity contribution is 6.21. The van der Waals surface area contributed by atoms with Crippen LogP contribution in [0.15, 0.2) is 35.0 Å². The zero-order valence-corrected chi connectivity index (χ0v) is 11.0. The van der Waals surface area contributed by atoms with Gasteiger partial charge in [-0.3, -0.25) is 4.98 Å². The largest absolute Gasteiger partial charge is 0.466 e. The summed E-state index contributed by atoms with van der Waals surface area (Å²) >= 11 is 6.53. The van der Waals surface area contributed by atoms with Crippen molar-refractivity contribution in [2.45, 2.75) is 32.1 Å². The van der Waals surface area contributed by atoms with Gasteiger partial charge in [-0.15, -0.1) is 11.6 Å². The molecule has 90 valence electrons. The Labute approximate surface area is 107 Å². The number of aromatic nitrogens is 1. The second-order valence-electron chi connectivity index (χ2n) is 4.34. The van der Waals surface area contributed by atoms with E-state index in [-0.39, 0.29) is 11.3 Å². The first kappa shape index (κ1) is 12.2. The number of aryl methyl sites for hydroxylation is 2. The highest BCUT2D eigenvalue weighted by Gasteiger charge is 2.22. The zero-order chi connectivity index (χ0) is 12.4. The topological polar surface area (TPSA) is 26.0 Å². The van der Waals surface area contributed by atoms with Crippen LogP contribution >= 0.6 is 11.6 Å². The fourth-order valence-electron chi connectivity index (χ4n) is 2.03. The highest BCUT2D eigenvalue weighted by atomic mass is 35.5. The summed E-state index contributed by atoms with van der Waals surface area (Å²) in [6.45, 7) is 6.02. The number of rotatable bonds is 3. The van der Waals surface area contributed by atoms with E-state index in [1.165, 1.54) is 5.56 Å². The van der Waals surface area contributed by atoms with Crippen molar-refractivity contribution in [3.8, 4) is 0 Å². The van der Waals surface area contributed by atoms with Gasteiger partial charge in [0.1, 0.15) is 11.5 Å². The molecule has 0 N–H and O–H groups in total. The van der Waals surface area contributed by atoms with Gasteiger partial charge in [0.25, 0.3) is 0 Å². The third kappa shape index (κ3) is 2.52. The van der Waals surface area contributed by atoms with Crippen molar-refractivity contribution in [1.29, 1.82) is 0 Å². The van der Waals surface area contributed by atoms with Crippen molar-refractivity contribution in [2.75, 3.05) is 0 Å². The molecular weight excluding hydrogens is 234 g/mol. The summed E-state index contributed by atoms with van der Waals surface area (Å²) in [5.74, 6) is 2.05. The monoisotopic (exact) mass is 249 g/mol. The maximum Gasteiger partial charge on any atom is 0.105 e. The van der Waals surface area contributed by atoms with Gasteiger partial charge in [0.15, 0.2) is 0 Å². The van der Waals surface area contributed by atoms with Crippen LogP contribution in [0.3, 0.4) is 0 Å². The van der Waals surface area contributed by atoms with Crippen LogP contribution in [0.4, 0.5) is 0 Å². The van der Waals surface area contributed by atoms with Crippen LogP contribution in [-0.4, -0.2) is 4.98 Å². The molecule has 0 fully saturated rings. The predicted molar refractivity (Wildman–Crippen MR) is 69.4 cm³/mol. The average molecular weight is 250 g/mol. The number of nitrogens with zero attached hydrogens (tertiary/aromatic N) is 1. The van der Waals surface area contributed by atoms with Crippen LogP contribution in [0.5, 0.6) is 0 Å². The molecule has 0 aliphatic rings. The molecule has 2 heterocycles. The first-order valence-electron chi connectivity index (χ1n) is 5.70. The molecule has 0 spiro atoms. The molecule has 2 aromatic heterocycles. The lowest BCUT2D eigenvalue weighted by Crippen LogP contribution is -2.02. The molecule has 0 bridgehead atoms. The molecule has 0 amide bonds. The van der Waals surface area contributed by atoms with E-state index in [0.717, 1.165) is 17.1 Å². The fraction of sp³-hybridized carbons (Fsp3) is 0.357. The lowest BCUT2D eigenvalue weighted by Gasteiger charge is -2.17. The molecule has 0 saturated heterocycles. The van der Waals surface area contributed by atoms with Crippen molar-refractivity contribution in [2.24, 2.45) is 0 Å². The van der Waals surface area contributed by atoms with E-state index in [9.17, 15) is 0 Å². The quantitative estimate of drug-likeness (QED) is 0.755. The normalized spacial score (nSPS) is 14.6. The average Bonchev–Trinajstić information content (AvgIpc) is 2.68. The van der Waals surface area contributed by atoms with E-state index in [2.05, 4.69) is 11.9 Å². The molecule has 0 aliphatic carbocycles. The predicted octanol–water partition coefficient (Wildman–Crippen LogP) is 4.38. The summed E-state index contributed by atoms with van der Waals surface area (Å²) in [4.78, 5) is 4.02. The van der Waals surface area contributed by atoms with Gasteiger partial charge in [0.2, 0.25) is 0 Å². The van der Waals surface area contributed by atoms with Gasteiger partial charge < -0.3 is 4.42 Å². The van der Waals surface area contributed by atoms with Crippen LogP contribution < -0.4 is 0 Å². The molecule has 2 nitrogen and oxygen atoms in total. The maximum absolute atomic E-state index is 6.53. The van der Waals surface area contributed by atoms with E-state index in [0.29, 0.717) is 0 Å². The summed E-state index contributed by atoms with van der Waals surface area (Å²) in [7, 11) is 0. The summed E-state index contributed by atoms with van der Waals surface area (Å²) in [6.07, 6.45) is 3.59. The summed E-state index contributed by atoms with van der Waals surface area (Å²) < 4.78 is 5.52. The van der Waals surface area contributed by atoms with Gasteiger partial charge in [-0.25, -0.2) is 0 Å². The molecule has 17 heavy (non-hydrogen) atoms. The van der Waals surface area contributed by atoms with E-state index in [1.807, 2.05) is 32.0 Å². The fourth-order valence-corrected chi connectivity index (χ4v) is 2.39. The highest BCUT2D eigenvalue weighted by Crippen LogP contribution is 2.38. The van der Waals surface area contributed by atoms with Gasteiger partial charge in [-0.1, -0.05) is 6.92 Å². The first-order valence-corrected chi connectivity index (χ1v) is 6.14. The van der Waals surface area contributed by atoms with Crippen LogP contribution in [-0.2, 0) is 0 Å². The van der Waals surface area contributed by atoms with E-state index in [4.69, 9.17) is 16.0 Å². The van der Waals surface area contributed by atoms with Gasteiger partial charge in [0.05, 0.1) is 5.38 Å². The van der Waals surface area contributed by atoms with Crippen molar-refractivity contribution in [3.63, 3.8) is 0 Å².